The molecular formula is C23H26ClNO6. The van der Waals surface area contributed by atoms with Crippen LogP contribution in [0.4, 0.5) is 0 Å². The van der Waals surface area contributed by atoms with Crippen LogP contribution in [0.5, 0.6) is 0 Å². The van der Waals surface area contributed by atoms with Gasteiger partial charge in [0, 0.05) is 18.6 Å². The highest BCUT2D eigenvalue weighted by atomic mass is 35.5. The van der Waals surface area contributed by atoms with E-state index in [0.29, 0.717) is 11.4 Å². The van der Waals surface area contributed by atoms with E-state index < -0.39 is 30.0 Å². The number of hydrogen-bond acceptors (Lipinski definition) is 5. The van der Waals surface area contributed by atoms with Gasteiger partial charge in [-0.3, -0.25) is 9.59 Å². The summed E-state index contributed by atoms with van der Waals surface area (Å²) < 4.78 is 10.4. The summed E-state index contributed by atoms with van der Waals surface area (Å²) in [5.74, 6) is -2.14. The van der Waals surface area contributed by atoms with Crippen LogP contribution in [0.15, 0.2) is 48.5 Å². The summed E-state index contributed by atoms with van der Waals surface area (Å²) in [7, 11) is 1.36. The monoisotopic (exact) mass is 447 g/mol. The molecule has 0 fully saturated rings. The van der Waals surface area contributed by atoms with Gasteiger partial charge in [-0.2, -0.15) is 0 Å². The number of esters is 1. The topological polar surface area (TPSA) is 102 Å². The Hall–Kier alpha value is -2.90. The number of halogens is 1. The summed E-state index contributed by atoms with van der Waals surface area (Å²) in [6.07, 6.45) is -1.23. The standard InChI is InChI=1S/C23H26ClNO6/c1-3-31-23(29)22(30-2)19(25-20(26)11-12-21(27)28)13-15-7-9-16(10-8-15)17-5-4-6-18(24)14-17/h4-10,14,19,22H,3,11-13H2,1-2H3,(H,25,26)(H,27,28)/t19-,22+/m1/s1. The molecule has 0 saturated heterocycles. The van der Waals surface area contributed by atoms with Crippen molar-refractivity contribution < 1.29 is 29.0 Å². The first-order chi connectivity index (χ1) is 14.8. The minimum absolute atomic E-state index is 0.173. The molecule has 2 atom stereocenters. The Kier molecular flexibility index (Phi) is 9.49. The van der Waals surface area contributed by atoms with E-state index in [-0.39, 0.29) is 19.4 Å². The number of carbonyl (C=O) groups excluding carboxylic acids is 2. The Bertz CT molecular complexity index is 899. The zero-order chi connectivity index (χ0) is 22.8. The highest BCUT2D eigenvalue weighted by Gasteiger charge is 2.31. The molecule has 0 aliphatic heterocycles. The van der Waals surface area contributed by atoms with Crippen LogP contribution < -0.4 is 5.32 Å². The molecule has 166 valence electrons. The van der Waals surface area contributed by atoms with Crippen molar-refractivity contribution in [1.29, 1.82) is 0 Å². The van der Waals surface area contributed by atoms with Crippen LogP contribution in [0, 0.1) is 0 Å². The third-order valence-electron chi connectivity index (χ3n) is 4.62. The number of carbonyl (C=O) groups is 3. The maximum absolute atomic E-state index is 12.3. The van der Waals surface area contributed by atoms with E-state index >= 15 is 0 Å². The van der Waals surface area contributed by atoms with E-state index in [2.05, 4.69) is 5.32 Å². The molecule has 0 heterocycles. The van der Waals surface area contributed by atoms with Gasteiger partial charge >= 0.3 is 11.9 Å². The first kappa shape index (κ1) is 24.4. The number of benzene rings is 2. The van der Waals surface area contributed by atoms with Gasteiger partial charge in [0.1, 0.15) is 0 Å². The van der Waals surface area contributed by atoms with Crippen molar-refractivity contribution in [2.45, 2.75) is 38.3 Å². The highest BCUT2D eigenvalue weighted by Crippen LogP contribution is 2.23. The molecule has 7 nitrogen and oxygen atoms in total. The molecule has 0 aliphatic rings. The Balaban J connectivity index is 2.19. The van der Waals surface area contributed by atoms with E-state index in [0.717, 1.165) is 16.7 Å². The molecule has 0 spiro atoms. The largest absolute Gasteiger partial charge is 0.481 e. The quantitative estimate of drug-likeness (QED) is 0.511. The van der Waals surface area contributed by atoms with Gasteiger partial charge in [0.15, 0.2) is 6.10 Å². The number of carboxylic acids is 1. The van der Waals surface area contributed by atoms with E-state index in [4.69, 9.17) is 26.2 Å². The number of carboxylic acid groups (broad SMARTS) is 1. The number of hydrogen-bond donors (Lipinski definition) is 2. The Labute approximate surface area is 186 Å². The molecular weight excluding hydrogens is 422 g/mol. The second kappa shape index (κ2) is 12.1. The van der Waals surface area contributed by atoms with E-state index in [1.807, 2.05) is 42.5 Å². The summed E-state index contributed by atoms with van der Waals surface area (Å²) in [4.78, 5) is 35.3. The predicted octanol–water partition coefficient (Wildman–Crippen LogP) is 3.48. The Morgan fingerprint density at radius 1 is 1.06 bits per heavy atom. The fraction of sp³-hybridized carbons (Fsp3) is 0.348. The number of rotatable bonds is 11. The molecule has 2 N–H and O–H groups in total. The molecule has 31 heavy (non-hydrogen) atoms. The van der Waals surface area contributed by atoms with Gasteiger partial charge in [-0.15, -0.1) is 0 Å². The van der Waals surface area contributed by atoms with Gasteiger partial charge in [-0.05, 0) is 42.2 Å². The van der Waals surface area contributed by atoms with Gasteiger partial charge in [0.2, 0.25) is 5.91 Å². The average molecular weight is 448 g/mol. The van der Waals surface area contributed by atoms with Gasteiger partial charge < -0.3 is 19.9 Å². The maximum Gasteiger partial charge on any atom is 0.337 e. The van der Waals surface area contributed by atoms with Crippen LogP contribution in [-0.2, 0) is 30.3 Å². The van der Waals surface area contributed by atoms with Gasteiger partial charge in [0.25, 0.3) is 0 Å². The van der Waals surface area contributed by atoms with Crippen molar-refractivity contribution in [3.05, 3.63) is 59.1 Å². The van der Waals surface area contributed by atoms with Crippen molar-refractivity contribution in [3.63, 3.8) is 0 Å². The number of nitrogens with one attached hydrogen (secondary N) is 1. The van der Waals surface area contributed by atoms with Crippen LogP contribution in [0.25, 0.3) is 11.1 Å². The lowest BCUT2D eigenvalue weighted by Crippen LogP contribution is -2.49. The molecule has 2 aromatic carbocycles. The van der Waals surface area contributed by atoms with E-state index in [1.165, 1.54) is 7.11 Å². The number of ether oxygens (including phenoxy) is 2. The summed E-state index contributed by atoms with van der Waals surface area (Å²) in [5.41, 5.74) is 2.81. The molecule has 0 aromatic heterocycles. The van der Waals surface area contributed by atoms with Crippen LogP contribution in [0.3, 0.4) is 0 Å². The van der Waals surface area contributed by atoms with E-state index in [9.17, 15) is 14.4 Å². The predicted molar refractivity (Wildman–Crippen MR) is 117 cm³/mol. The van der Waals surface area contributed by atoms with Crippen LogP contribution >= 0.6 is 11.6 Å². The number of methoxy groups -OCH3 is 1. The van der Waals surface area contributed by atoms with Crippen LogP contribution in [-0.4, -0.2) is 48.8 Å². The molecule has 1 amide bonds. The van der Waals surface area contributed by atoms with Crippen LogP contribution in [0.1, 0.15) is 25.3 Å². The van der Waals surface area contributed by atoms with Crippen molar-refractivity contribution in [1.82, 2.24) is 5.32 Å². The summed E-state index contributed by atoms with van der Waals surface area (Å²) in [5, 5.41) is 12.2. The van der Waals surface area contributed by atoms with Gasteiger partial charge in [0.05, 0.1) is 19.1 Å². The summed E-state index contributed by atoms with van der Waals surface area (Å²) in [6, 6.07) is 14.4. The summed E-state index contributed by atoms with van der Waals surface area (Å²) in [6.45, 7) is 1.85. The Morgan fingerprint density at radius 2 is 1.77 bits per heavy atom. The lowest BCUT2D eigenvalue weighted by atomic mass is 9.98. The van der Waals surface area contributed by atoms with Crippen molar-refractivity contribution >= 4 is 29.4 Å². The van der Waals surface area contributed by atoms with Crippen molar-refractivity contribution in [3.8, 4) is 11.1 Å². The molecule has 0 radical (unpaired) electrons. The lowest BCUT2D eigenvalue weighted by Gasteiger charge is -2.25. The minimum atomic E-state index is -1.07. The lowest BCUT2D eigenvalue weighted by molar-refractivity contribution is -0.157. The molecule has 2 rings (SSSR count). The first-order valence-electron chi connectivity index (χ1n) is 9.89. The minimum Gasteiger partial charge on any atom is -0.481 e. The average Bonchev–Trinajstić information content (AvgIpc) is 2.73. The molecule has 8 heteroatoms. The van der Waals surface area contributed by atoms with E-state index in [1.54, 1.807) is 13.0 Å². The SMILES string of the molecule is CCOC(=O)[C@@H](OC)[C@@H](Cc1ccc(-c2cccc(Cl)c2)cc1)NC(=O)CCC(=O)O. The Morgan fingerprint density at radius 3 is 2.35 bits per heavy atom. The number of aliphatic carboxylic acids is 1. The first-order valence-corrected chi connectivity index (χ1v) is 10.3. The number of amides is 1. The molecule has 2 aromatic rings. The third-order valence-corrected chi connectivity index (χ3v) is 4.85. The van der Waals surface area contributed by atoms with Crippen LogP contribution in [0.2, 0.25) is 5.02 Å². The zero-order valence-electron chi connectivity index (χ0n) is 17.5. The highest BCUT2D eigenvalue weighted by molar-refractivity contribution is 6.30. The normalized spacial score (nSPS) is 12.6. The van der Waals surface area contributed by atoms with Gasteiger partial charge in [-0.25, -0.2) is 4.79 Å². The second-order valence-electron chi connectivity index (χ2n) is 6.89. The maximum atomic E-state index is 12.3. The smallest absolute Gasteiger partial charge is 0.337 e. The van der Waals surface area contributed by atoms with Crippen molar-refractivity contribution in [2.24, 2.45) is 0 Å². The van der Waals surface area contributed by atoms with Crippen molar-refractivity contribution in [2.75, 3.05) is 13.7 Å². The molecule has 0 bridgehead atoms. The van der Waals surface area contributed by atoms with Gasteiger partial charge in [-0.1, -0.05) is 48.0 Å². The third kappa shape index (κ3) is 7.70. The molecule has 0 aliphatic carbocycles. The molecule has 0 saturated carbocycles. The summed E-state index contributed by atoms with van der Waals surface area (Å²) >= 11 is 6.06. The fourth-order valence-corrected chi connectivity index (χ4v) is 3.33. The second-order valence-corrected chi connectivity index (χ2v) is 7.32. The fourth-order valence-electron chi connectivity index (χ4n) is 3.14. The molecule has 0 unspecified atom stereocenters. The zero-order valence-corrected chi connectivity index (χ0v) is 18.2.